The van der Waals surface area contributed by atoms with Crippen LogP contribution >= 0.6 is 0 Å². The Morgan fingerprint density at radius 1 is 0.967 bits per heavy atom. The number of para-hydroxylation sites is 4. The van der Waals surface area contributed by atoms with E-state index >= 15 is 0 Å². The summed E-state index contributed by atoms with van der Waals surface area (Å²) in [6, 6.07) is 15.8. The molecule has 4 aromatic rings. The van der Waals surface area contributed by atoms with Gasteiger partial charge in [-0.05, 0) is 37.6 Å². The lowest BCUT2D eigenvalue weighted by Gasteiger charge is -2.12. The maximum atomic E-state index is 13.0. The standard InChI is InChI=1S/C23H27N5O2/c1-3-21-24-17-10-5-8-13-20(17)28(21)16-22(29)26-23-25-18-11-6-7-12-19(18)27(23)14-9-15-30-4-2/h5-8,10-13H,3-4,9,14-16H2,1-2H3,(H,25,26,29). The van der Waals surface area contributed by atoms with Crippen molar-refractivity contribution in [1.82, 2.24) is 19.1 Å². The van der Waals surface area contributed by atoms with Gasteiger partial charge in [-0.25, -0.2) is 9.97 Å². The Balaban J connectivity index is 1.57. The monoisotopic (exact) mass is 405 g/mol. The van der Waals surface area contributed by atoms with Crippen LogP contribution in [0, 0.1) is 0 Å². The maximum Gasteiger partial charge on any atom is 0.246 e. The summed E-state index contributed by atoms with van der Waals surface area (Å²) >= 11 is 0. The molecule has 0 aliphatic rings. The highest BCUT2D eigenvalue weighted by molar-refractivity contribution is 5.92. The van der Waals surface area contributed by atoms with Crippen molar-refractivity contribution < 1.29 is 9.53 Å². The number of anilines is 1. The predicted molar refractivity (Wildman–Crippen MR) is 119 cm³/mol. The normalized spacial score (nSPS) is 11.4. The topological polar surface area (TPSA) is 74.0 Å². The van der Waals surface area contributed by atoms with Gasteiger partial charge in [-0.3, -0.25) is 10.1 Å². The van der Waals surface area contributed by atoms with Gasteiger partial charge < -0.3 is 13.9 Å². The quantitative estimate of drug-likeness (QED) is 0.427. The molecule has 4 rings (SSSR count). The van der Waals surface area contributed by atoms with E-state index in [4.69, 9.17) is 4.74 Å². The highest BCUT2D eigenvalue weighted by atomic mass is 16.5. The van der Waals surface area contributed by atoms with Crippen LogP contribution in [0.1, 0.15) is 26.1 Å². The second-order valence-electron chi connectivity index (χ2n) is 7.13. The molecule has 0 unspecified atom stereocenters. The fraction of sp³-hybridized carbons (Fsp3) is 0.348. The van der Waals surface area contributed by atoms with Crippen molar-refractivity contribution in [3.05, 3.63) is 54.4 Å². The summed E-state index contributed by atoms with van der Waals surface area (Å²) < 4.78 is 9.50. The molecule has 0 bridgehead atoms. The number of carbonyl (C=O) groups excluding carboxylic acids is 1. The minimum Gasteiger partial charge on any atom is -0.382 e. The van der Waals surface area contributed by atoms with Gasteiger partial charge in [-0.15, -0.1) is 0 Å². The van der Waals surface area contributed by atoms with E-state index in [9.17, 15) is 4.79 Å². The molecule has 1 amide bonds. The van der Waals surface area contributed by atoms with Crippen LogP contribution in [-0.4, -0.2) is 38.2 Å². The van der Waals surface area contributed by atoms with Crippen molar-refractivity contribution in [1.29, 1.82) is 0 Å². The van der Waals surface area contributed by atoms with Gasteiger partial charge in [0.25, 0.3) is 0 Å². The number of rotatable bonds is 9. The number of hydrogen-bond acceptors (Lipinski definition) is 4. The molecule has 1 N–H and O–H groups in total. The third kappa shape index (κ3) is 4.07. The molecule has 0 saturated carbocycles. The van der Waals surface area contributed by atoms with Crippen LogP contribution in [0.4, 0.5) is 5.95 Å². The summed E-state index contributed by atoms with van der Waals surface area (Å²) in [5, 5.41) is 3.02. The van der Waals surface area contributed by atoms with E-state index in [0.717, 1.165) is 47.3 Å². The van der Waals surface area contributed by atoms with Crippen LogP contribution in [0.5, 0.6) is 0 Å². The number of carbonyl (C=O) groups is 1. The van der Waals surface area contributed by atoms with E-state index in [1.165, 1.54) is 0 Å². The smallest absolute Gasteiger partial charge is 0.246 e. The number of aromatic nitrogens is 4. The van der Waals surface area contributed by atoms with Crippen molar-refractivity contribution in [2.75, 3.05) is 18.5 Å². The van der Waals surface area contributed by atoms with Gasteiger partial charge in [0.05, 0.1) is 22.1 Å². The summed E-state index contributed by atoms with van der Waals surface area (Å²) in [6.45, 7) is 6.34. The van der Waals surface area contributed by atoms with E-state index in [0.29, 0.717) is 19.2 Å². The van der Waals surface area contributed by atoms with Crippen LogP contribution in [0.25, 0.3) is 22.1 Å². The first-order valence-electron chi connectivity index (χ1n) is 10.5. The highest BCUT2D eigenvalue weighted by Gasteiger charge is 2.16. The zero-order valence-electron chi connectivity index (χ0n) is 17.5. The molecule has 2 aromatic carbocycles. The first-order valence-corrected chi connectivity index (χ1v) is 10.5. The molecule has 0 aliphatic carbocycles. The molecule has 156 valence electrons. The zero-order chi connectivity index (χ0) is 20.9. The predicted octanol–water partition coefficient (Wildman–Crippen LogP) is 4.01. The van der Waals surface area contributed by atoms with Gasteiger partial charge in [0.1, 0.15) is 12.4 Å². The number of hydrogen-bond donors (Lipinski definition) is 1. The molecule has 2 aromatic heterocycles. The Bertz CT molecular complexity index is 1160. The molecular formula is C23H27N5O2. The molecule has 30 heavy (non-hydrogen) atoms. The molecule has 2 heterocycles. The largest absolute Gasteiger partial charge is 0.382 e. The van der Waals surface area contributed by atoms with Crippen molar-refractivity contribution in [3.8, 4) is 0 Å². The number of imidazole rings is 2. The lowest BCUT2D eigenvalue weighted by Crippen LogP contribution is -2.22. The fourth-order valence-corrected chi connectivity index (χ4v) is 3.75. The summed E-state index contributed by atoms with van der Waals surface area (Å²) in [5.74, 6) is 1.35. The summed E-state index contributed by atoms with van der Waals surface area (Å²) in [5.41, 5.74) is 3.75. The molecule has 0 fully saturated rings. The molecule has 7 nitrogen and oxygen atoms in total. The fourth-order valence-electron chi connectivity index (χ4n) is 3.75. The first-order chi connectivity index (χ1) is 14.7. The van der Waals surface area contributed by atoms with E-state index in [2.05, 4.69) is 19.9 Å². The third-order valence-electron chi connectivity index (χ3n) is 5.13. The SMILES string of the molecule is CCOCCCn1c(NC(=O)Cn2c(CC)nc3ccccc32)nc2ccccc21. The zero-order valence-corrected chi connectivity index (χ0v) is 17.5. The number of nitrogens with zero attached hydrogens (tertiary/aromatic N) is 4. The van der Waals surface area contributed by atoms with Gasteiger partial charge in [0.2, 0.25) is 11.9 Å². The Morgan fingerprint density at radius 2 is 1.63 bits per heavy atom. The molecule has 0 saturated heterocycles. The van der Waals surface area contributed by atoms with Gasteiger partial charge in [0.15, 0.2) is 0 Å². The average Bonchev–Trinajstić information content (AvgIpc) is 3.29. The Labute approximate surface area is 175 Å². The van der Waals surface area contributed by atoms with Crippen LogP contribution in [0.15, 0.2) is 48.5 Å². The molecule has 0 radical (unpaired) electrons. The van der Waals surface area contributed by atoms with E-state index < -0.39 is 0 Å². The Morgan fingerprint density at radius 3 is 2.33 bits per heavy atom. The Kier molecular flexibility index (Phi) is 6.09. The molecule has 7 heteroatoms. The van der Waals surface area contributed by atoms with E-state index in [-0.39, 0.29) is 12.5 Å². The number of aryl methyl sites for hydroxylation is 2. The summed E-state index contributed by atoms with van der Waals surface area (Å²) in [4.78, 5) is 22.3. The number of amides is 1. The van der Waals surface area contributed by atoms with Crippen molar-refractivity contribution in [2.45, 2.75) is 39.8 Å². The van der Waals surface area contributed by atoms with Crippen LogP contribution in [0.2, 0.25) is 0 Å². The van der Waals surface area contributed by atoms with Gasteiger partial charge in [-0.2, -0.15) is 0 Å². The second kappa shape index (κ2) is 9.09. The minimum absolute atomic E-state index is 0.116. The number of nitrogens with one attached hydrogen (secondary N) is 1. The summed E-state index contributed by atoms with van der Waals surface area (Å²) in [6.07, 6.45) is 1.61. The lowest BCUT2D eigenvalue weighted by atomic mass is 10.3. The molecular weight excluding hydrogens is 378 g/mol. The van der Waals surface area contributed by atoms with Crippen LogP contribution < -0.4 is 5.32 Å². The lowest BCUT2D eigenvalue weighted by molar-refractivity contribution is -0.116. The van der Waals surface area contributed by atoms with Crippen molar-refractivity contribution in [3.63, 3.8) is 0 Å². The van der Waals surface area contributed by atoms with Crippen molar-refractivity contribution in [2.24, 2.45) is 0 Å². The summed E-state index contributed by atoms with van der Waals surface area (Å²) in [7, 11) is 0. The van der Waals surface area contributed by atoms with Gasteiger partial charge >= 0.3 is 0 Å². The van der Waals surface area contributed by atoms with Crippen LogP contribution in [0.3, 0.4) is 0 Å². The molecule has 0 spiro atoms. The van der Waals surface area contributed by atoms with Crippen LogP contribution in [-0.2, 0) is 29.0 Å². The number of ether oxygens (including phenoxy) is 1. The molecule has 0 atom stereocenters. The van der Waals surface area contributed by atoms with Gasteiger partial charge in [-0.1, -0.05) is 31.2 Å². The molecule has 0 aliphatic heterocycles. The third-order valence-corrected chi connectivity index (χ3v) is 5.13. The first kappa shape index (κ1) is 20.1. The number of fused-ring (bicyclic) bond motifs is 2. The minimum atomic E-state index is -0.116. The Hall–Kier alpha value is -3.19. The van der Waals surface area contributed by atoms with Gasteiger partial charge in [0, 0.05) is 26.2 Å². The second-order valence-corrected chi connectivity index (χ2v) is 7.13. The van der Waals surface area contributed by atoms with E-state index in [1.807, 2.05) is 66.9 Å². The van der Waals surface area contributed by atoms with Crippen molar-refractivity contribution >= 4 is 33.9 Å². The van der Waals surface area contributed by atoms with E-state index in [1.54, 1.807) is 0 Å². The average molecular weight is 406 g/mol. The number of benzene rings is 2. The highest BCUT2D eigenvalue weighted by Crippen LogP contribution is 2.21. The maximum absolute atomic E-state index is 13.0.